The van der Waals surface area contributed by atoms with Gasteiger partial charge in [-0.25, -0.2) is 0 Å². The van der Waals surface area contributed by atoms with Gasteiger partial charge in [0, 0.05) is 12.1 Å². The van der Waals surface area contributed by atoms with Gasteiger partial charge in [-0.2, -0.15) is 0 Å². The fourth-order valence-electron chi connectivity index (χ4n) is 1.33. The Morgan fingerprint density at radius 3 is 1.33 bits per heavy atom. The van der Waals surface area contributed by atoms with Crippen molar-refractivity contribution in [2.24, 2.45) is 0 Å². The van der Waals surface area contributed by atoms with E-state index in [2.05, 4.69) is 39.5 Å². The van der Waals surface area contributed by atoms with Crippen LogP contribution in [0, 0.1) is 0 Å². The fraction of sp³-hybridized carbons (Fsp3) is 1.00. The van der Waals surface area contributed by atoms with Crippen LogP contribution in [0.25, 0.3) is 0 Å². The second-order valence-corrected chi connectivity index (χ2v) is 3.02. The third-order valence-corrected chi connectivity index (χ3v) is 1.69. The lowest BCUT2D eigenvalue weighted by Crippen LogP contribution is -2.36. The molecule has 0 aromatic rings. The van der Waals surface area contributed by atoms with Gasteiger partial charge in [0.15, 0.2) is 0 Å². The Kier molecular flexibility index (Phi) is 3.87. The Morgan fingerprint density at radius 1 is 1.00 bits per heavy atom. The molecule has 9 heavy (non-hydrogen) atoms. The quantitative estimate of drug-likeness (QED) is 0.536. The molecule has 0 aliphatic heterocycles. The van der Waals surface area contributed by atoms with Crippen molar-refractivity contribution in [3.05, 3.63) is 0 Å². The molecule has 0 aliphatic rings. The average Bonchev–Trinajstić information content (AvgIpc) is 1.64. The topological polar surface area (TPSA) is 3.24 Å². The maximum atomic E-state index is 2.46. The predicted octanol–water partition coefficient (Wildman–Crippen LogP) is 2.13. The molecule has 0 radical (unpaired) electrons. The SMILES string of the molecule is CCN([13CH]([13CH3])[13CH3])[13CH]([13CH3])[13CH3]. The summed E-state index contributed by atoms with van der Waals surface area (Å²) < 4.78 is 0. The lowest BCUT2D eigenvalue weighted by molar-refractivity contribution is 0.185. The Balaban J connectivity index is 3.68. The van der Waals surface area contributed by atoms with Gasteiger partial charge in [0.1, 0.15) is 0 Å². The van der Waals surface area contributed by atoms with E-state index in [1.165, 1.54) is 0 Å². The Labute approximate surface area is 59.1 Å². The van der Waals surface area contributed by atoms with Gasteiger partial charge in [0.25, 0.3) is 0 Å². The highest BCUT2D eigenvalue weighted by atomic mass is 15.5. The van der Waals surface area contributed by atoms with Crippen molar-refractivity contribution in [3.8, 4) is 0 Å². The van der Waals surface area contributed by atoms with E-state index < -0.39 is 0 Å². The van der Waals surface area contributed by atoms with Gasteiger partial charge in [-0.15, -0.1) is 0 Å². The molecule has 0 unspecified atom stereocenters. The van der Waals surface area contributed by atoms with Gasteiger partial charge in [-0.3, -0.25) is 4.90 Å². The maximum Gasteiger partial charge on any atom is 0.00411 e. The summed E-state index contributed by atoms with van der Waals surface area (Å²) in [7, 11) is 0. The van der Waals surface area contributed by atoms with Crippen molar-refractivity contribution >= 4 is 0 Å². The first kappa shape index (κ1) is 8.96. The third-order valence-electron chi connectivity index (χ3n) is 1.69. The van der Waals surface area contributed by atoms with E-state index in [1.807, 2.05) is 0 Å². The summed E-state index contributed by atoms with van der Waals surface area (Å²) in [6.07, 6.45) is 0. The summed E-state index contributed by atoms with van der Waals surface area (Å²) >= 11 is 0. The lowest BCUT2D eigenvalue weighted by atomic mass is 10.7. The Bertz CT molecular complexity index is 59.0. The molecule has 0 aromatic carbocycles. The molecule has 0 saturated heterocycles. The van der Waals surface area contributed by atoms with E-state index in [1.54, 1.807) is 0 Å². The Morgan fingerprint density at radius 2 is 1.33 bits per heavy atom. The van der Waals surface area contributed by atoms with E-state index in [-0.39, 0.29) is 0 Å². The molecule has 0 heterocycles. The van der Waals surface area contributed by atoms with E-state index in [4.69, 9.17) is 0 Å². The molecule has 0 spiro atoms. The minimum atomic E-state index is 0.690. The zero-order valence-electron chi connectivity index (χ0n) is 7.31. The first-order valence-corrected chi connectivity index (χ1v) is 3.85. The molecule has 0 fully saturated rings. The van der Waals surface area contributed by atoms with E-state index in [0.29, 0.717) is 12.1 Å². The second-order valence-electron chi connectivity index (χ2n) is 3.02. The van der Waals surface area contributed by atoms with E-state index >= 15 is 0 Å². The highest BCUT2D eigenvalue weighted by molar-refractivity contribution is 4.64. The first-order valence-electron chi connectivity index (χ1n) is 3.85. The number of rotatable bonds is 3. The van der Waals surface area contributed by atoms with E-state index in [0.717, 1.165) is 6.54 Å². The van der Waals surface area contributed by atoms with Crippen molar-refractivity contribution in [3.63, 3.8) is 0 Å². The largest absolute Gasteiger partial charge is 0.299 e. The van der Waals surface area contributed by atoms with Crippen LogP contribution in [-0.4, -0.2) is 23.5 Å². The van der Waals surface area contributed by atoms with E-state index in [9.17, 15) is 0 Å². The van der Waals surface area contributed by atoms with Crippen molar-refractivity contribution in [1.29, 1.82) is 0 Å². The van der Waals surface area contributed by atoms with Crippen LogP contribution in [0.3, 0.4) is 0 Å². The molecular weight excluding hydrogens is 116 g/mol. The van der Waals surface area contributed by atoms with Crippen LogP contribution < -0.4 is 0 Å². The lowest BCUT2D eigenvalue weighted by Gasteiger charge is -2.28. The highest BCUT2D eigenvalue weighted by Gasteiger charge is 2.08. The van der Waals surface area contributed by atoms with Crippen LogP contribution >= 0.6 is 0 Å². The second kappa shape index (κ2) is 3.89. The molecule has 56 valence electrons. The summed E-state index contributed by atoms with van der Waals surface area (Å²) in [5.74, 6) is 0. The van der Waals surface area contributed by atoms with Gasteiger partial charge >= 0.3 is 0 Å². The molecule has 1 heteroatoms. The predicted molar refractivity (Wildman–Crippen MR) is 42.7 cm³/mol. The molecule has 0 rings (SSSR count). The van der Waals surface area contributed by atoms with Crippen LogP contribution in [0.5, 0.6) is 0 Å². The molecule has 0 bridgehead atoms. The molecule has 0 aromatic heterocycles. The number of hydrogen-bond acceptors (Lipinski definition) is 1. The summed E-state index contributed by atoms with van der Waals surface area (Å²) in [4.78, 5) is 2.46. The molecular formula is C8H19N. The molecule has 0 atom stereocenters. The van der Waals surface area contributed by atoms with Crippen LogP contribution in [0.4, 0.5) is 0 Å². The van der Waals surface area contributed by atoms with Crippen LogP contribution in [0.15, 0.2) is 0 Å². The van der Waals surface area contributed by atoms with Crippen molar-refractivity contribution in [2.75, 3.05) is 6.54 Å². The molecule has 0 N–H and O–H groups in total. The summed E-state index contributed by atoms with van der Waals surface area (Å²) in [6, 6.07) is 1.38. The standard InChI is InChI=1S/C8H19N/c1-6-9(7(2)3)8(4)5/h7-8H,6H2,1-5H3/i2+1,3+1,4+1,5+1,7+1,8+1. The minimum Gasteiger partial charge on any atom is -0.299 e. The van der Waals surface area contributed by atoms with Crippen LogP contribution in [0.2, 0.25) is 0 Å². The van der Waals surface area contributed by atoms with Crippen molar-refractivity contribution in [1.82, 2.24) is 4.90 Å². The summed E-state index contributed by atoms with van der Waals surface area (Å²) in [5.41, 5.74) is 0. The normalized spacial score (nSPS) is 12.0. The van der Waals surface area contributed by atoms with Gasteiger partial charge in [0.05, 0.1) is 0 Å². The minimum absolute atomic E-state index is 0.690. The molecule has 0 saturated carbocycles. The van der Waals surface area contributed by atoms with Gasteiger partial charge in [-0.1, -0.05) is 6.92 Å². The average molecular weight is 135 g/mol. The molecule has 0 amide bonds. The van der Waals surface area contributed by atoms with Crippen LogP contribution in [-0.2, 0) is 0 Å². The molecule has 0 aliphatic carbocycles. The van der Waals surface area contributed by atoms with Crippen molar-refractivity contribution < 1.29 is 0 Å². The first-order chi connectivity index (χ1) is 4.09. The Hall–Kier alpha value is -0.0400. The monoisotopic (exact) mass is 135 g/mol. The zero-order valence-corrected chi connectivity index (χ0v) is 7.31. The number of hydrogen-bond donors (Lipinski definition) is 0. The van der Waals surface area contributed by atoms with Crippen molar-refractivity contribution in [2.45, 2.75) is 46.7 Å². The maximum absolute atomic E-state index is 2.46. The van der Waals surface area contributed by atoms with Gasteiger partial charge < -0.3 is 0 Å². The third kappa shape index (κ3) is 2.85. The van der Waals surface area contributed by atoms with Gasteiger partial charge in [0.2, 0.25) is 0 Å². The molecule has 1 nitrogen and oxygen atoms in total. The van der Waals surface area contributed by atoms with Crippen LogP contribution in [0.1, 0.15) is 34.6 Å². The smallest absolute Gasteiger partial charge is 0.00411 e. The summed E-state index contributed by atoms with van der Waals surface area (Å²) in [5, 5.41) is 0. The summed E-state index contributed by atoms with van der Waals surface area (Å²) in [6.45, 7) is 12.3. The highest BCUT2D eigenvalue weighted by Crippen LogP contribution is 2.02. The van der Waals surface area contributed by atoms with Gasteiger partial charge in [-0.05, 0) is 34.2 Å². The number of nitrogens with zero attached hydrogens (tertiary/aromatic N) is 1. The fourth-order valence-corrected chi connectivity index (χ4v) is 1.33. The zero-order chi connectivity index (χ0) is 7.44.